The lowest BCUT2D eigenvalue weighted by atomic mass is 10.0. The Bertz CT molecular complexity index is 407. The molecule has 4 nitrogen and oxygen atoms in total. The summed E-state index contributed by atoms with van der Waals surface area (Å²) in [5, 5.41) is 18.4. The Morgan fingerprint density at radius 1 is 1.26 bits per heavy atom. The van der Waals surface area contributed by atoms with Gasteiger partial charge >= 0.3 is 0 Å². The van der Waals surface area contributed by atoms with Crippen LogP contribution in [0.25, 0.3) is 0 Å². The average Bonchev–Trinajstić information content (AvgIpc) is 2.38. The van der Waals surface area contributed by atoms with Crippen LogP contribution in [0.4, 0.5) is 0 Å². The maximum absolute atomic E-state index is 9.36. The highest BCUT2D eigenvalue weighted by Gasteiger charge is 2.16. The van der Waals surface area contributed by atoms with Crippen LogP contribution < -0.4 is 4.74 Å². The third kappa shape index (κ3) is 4.20. The lowest BCUT2D eigenvalue weighted by Crippen LogP contribution is -2.35. The van der Waals surface area contributed by atoms with Crippen molar-refractivity contribution in [3.8, 4) is 5.75 Å². The van der Waals surface area contributed by atoms with Crippen LogP contribution in [0, 0.1) is 13.8 Å². The molecule has 0 aliphatic carbocycles. The van der Waals surface area contributed by atoms with E-state index in [0.29, 0.717) is 13.0 Å². The molecule has 0 amide bonds. The van der Waals surface area contributed by atoms with E-state index < -0.39 is 0 Å². The Hall–Kier alpha value is -1.10. The highest BCUT2D eigenvalue weighted by Crippen LogP contribution is 2.26. The fraction of sp³-hybridized carbons (Fsp3) is 0.600. The van der Waals surface area contributed by atoms with Gasteiger partial charge in [-0.15, -0.1) is 0 Å². The largest absolute Gasteiger partial charge is 0.496 e. The van der Waals surface area contributed by atoms with Crippen molar-refractivity contribution in [2.45, 2.75) is 32.9 Å². The molecule has 108 valence electrons. The Labute approximate surface area is 115 Å². The molecule has 1 aromatic rings. The van der Waals surface area contributed by atoms with Gasteiger partial charge in [-0.1, -0.05) is 6.07 Å². The molecule has 0 aromatic heterocycles. The lowest BCUT2D eigenvalue weighted by Gasteiger charge is -2.27. The number of aliphatic hydroxyl groups is 2. The molecule has 19 heavy (non-hydrogen) atoms. The standard InChI is InChI=1S/C15H25NO3/c1-11-7-12(2)14(15(8-11)19-4)9-16(3)13(10-18)5-6-17/h7-8,13,17-18H,5-6,9-10H2,1-4H3. The van der Waals surface area contributed by atoms with Crippen molar-refractivity contribution in [2.75, 3.05) is 27.4 Å². The number of likely N-dealkylation sites (N-methyl/N-ethyl adjacent to an activating group) is 1. The predicted molar refractivity (Wildman–Crippen MR) is 76.5 cm³/mol. The quantitative estimate of drug-likeness (QED) is 0.786. The van der Waals surface area contributed by atoms with E-state index >= 15 is 0 Å². The van der Waals surface area contributed by atoms with Gasteiger partial charge in [-0.05, 0) is 44.5 Å². The van der Waals surface area contributed by atoms with Crippen molar-refractivity contribution in [2.24, 2.45) is 0 Å². The van der Waals surface area contributed by atoms with Crippen LogP contribution >= 0.6 is 0 Å². The molecule has 1 rings (SSSR count). The Balaban J connectivity index is 2.92. The van der Waals surface area contributed by atoms with E-state index in [1.807, 2.05) is 20.0 Å². The minimum absolute atomic E-state index is 0.0320. The first kappa shape index (κ1) is 16.0. The minimum atomic E-state index is -0.0320. The van der Waals surface area contributed by atoms with Crippen LogP contribution in [-0.4, -0.2) is 48.5 Å². The zero-order chi connectivity index (χ0) is 14.4. The number of aryl methyl sites for hydroxylation is 2. The van der Waals surface area contributed by atoms with Gasteiger partial charge in [0.15, 0.2) is 0 Å². The monoisotopic (exact) mass is 267 g/mol. The first-order valence-electron chi connectivity index (χ1n) is 6.59. The van der Waals surface area contributed by atoms with Gasteiger partial charge in [-0.2, -0.15) is 0 Å². The first-order valence-corrected chi connectivity index (χ1v) is 6.59. The minimum Gasteiger partial charge on any atom is -0.496 e. The average molecular weight is 267 g/mol. The molecule has 1 aromatic carbocycles. The molecule has 0 heterocycles. The van der Waals surface area contributed by atoms with Crippen molar-refractivity contribution in [3.63, 3.8) is 0 Å². The summed E-state index contributed by atoms with van der Waals surface area (Å²) in [5.41, 5.74) is 3.49. The zero-order valence-corrected chi connectivity index (χ0v) is 12.3. The summed E-state index contributed by atoms with van der Waals surface area (Å²) in [6, 6.07) is 4.12. The van der Waals surface area contributed by atoms with Crippen LogP contribution in [-0.2, 0) is 6.54 Å². The number of benzene rings is 1. The van der Waals surface area contributed by atoms with Crippen molar-refractivity contribution >= 4 is 0 Å². The highest BCUT2D eigenvalue weighted by atomic mass is 16.5. The normalized spacial score (nSPS) is 12.8. The van der Waals surface area contributed by atoms with Gasteiger partial charge in [0, 0.05) is 24.8 Å². The van der Waals surface area contributed by atoms with E-state index in [1.54, 1.807) is 7.11 Å². The fourth-order valence-corrected chi connectivity index (χ4v) is 2.32. The van der Waals surface area contributed by atoms with E-state index in [-0.39, 0.29) is 19.3 Å². The second kappa shape index (κ2) is 7.48. The van der Waals surface area contributed by atoms with Crippen molar-refractivity contribution in [1.82, 2.24) is 4.90 Å². The Kier molecular flexibility index (Phi) is 6.28. The summed E-state index contributed by atoms with van der Waals surface area (Å²) in [6.45, 7) is 4.94. The van der Waals surface area contributed by atoms with Gasteiger partial charge in [0.2, 0.25) is 0 Å². The number of rotatable bonds is 7. The summed E-state index contributed by atoms with van der Waals surface area (Å²) in [7, 11) is 3.63. The number of aliphatic hydroxyl groups excluding tert-OH is 2. The molecule has 0 bridgehead atoms. The van der Waals surface area contributed by atoms with Crippen LogP contribution in [0.3, 0.4) is 0 Å². The van der Waals surface area contributed by atoms with Crippen molar-refractivity contribution < 1.29 is 14.9 Å². The summed E-state index contributed by atoms with van der Waals surface area (Å²) in [5.74, 6) is 0.880. The first-order chi connectivity index (χ1) is 9.03. The molecular formula is C15H25NO3. The second-order valence-electron chi connectivity index (χ2n) is 5.03. The molecule has 0 saturated heterocycles. The molecular weight excluding hydrogens is 242 g/mol. The second-order valence-corrected chi connectivity index (χ2v) is 5.03. The highest BCUT2D eigenvalue weighted by molar-refractivity contribution is 5.43. The zero-order valence-electron chi connectivity index (χ0n) is 12.3. The maximum atomic E-state index is 9.36. The molecule has 0 radical (unpaired) electrons. The van der Waals surface area contributed by atoms with Gasteiger partial charge in [0.05, 0.1) is 13.7 Å². The third-order valence-electron chi connectivity index (χ3n) is 3.50. The van der Waals surface area contributed by atoms with E-state index in [4.69, 9.17) is 9.84 Å². The molecule has 0 aliphatic heterocycles. The van der Waals surface area contributed by atoms with Gasteiger partial charge in [-0.3, -0.25) is 4.90 Å². The van der Waals surface area contributed by atoms with Crippen LogP contribution in [0.5, 0.6) is 5.75 Å². The van der Waals surface area contributed by atoms with Crippen molar-refractivity contribution in [1.29, 1.82) is 0 Å². The number of hydrogen-bond donors (Lipinski definition) is 2. The van der Waals surface area contributed by atoms with Gasteiger partial charge in [-0.25, -0.2) is 0 Å². The summed E-state index contributed by atoms with van der Waals surface area (Å²) >= 11 is 0. The number of methoxy groups -OCH3 is 1. The number of nitrogens with zero attached hydrogens (tertiary/aromatic N) is 1. The lowest BCUT2D eigenvalue weighted by molar-refractivity contribution is 0.114. The van der Waals surface area contributed by atoms with Crippen molar-refractivity contribution in [3.05, 3.63) is 28.8 Å². The smallest absolute Gasteiger partial charge is 0.123 e. The number of hydrogen-bond acceptors (Lipinski definition) is 4. The number of ether oxygens (including phenoxy) is 1. The van der Waals surface area contributed by atoms with Gasteiger partial charge in [0.25, 0.3) is 0 Å². The Morgan fingerprint density at radius 2 is 1.95 bits per heavy atom. The van der Waals surface area contributed by atoms with Crippen LogP contribution in [0.2, 0.25) is 0 Å². The van der Waals surface area contributed by atoms with E-state index in [0.717, 1.165) is 11.3 Å². The molecule has 1 unspecified atom stereocenters. The van der Waals surface area contributed by atoms with Crippen LogP contribution in [0.1, 0.15) is 23.1 Å². The SMILES string of the molecule is COc1cc(C)cc(C)c1CN(C)C(CO)CCO. The predicted octanol–water partition coefficient (Wildman–Crippen LogP) is 1.49. The Morgan fingerprint density at radius 3 is 2.47 bits per heavy atom. The third-order valence-corrected chi connectivity index (χ3v) is 3.50. The molecule has 2 N–H and O–H groups in total. The molecule has 0 saturated carbocycles. The van der Waals surface area contributed by atoms with Crippen LogP contribution in [0.15, 0.2) is 12.1 Å². The molecule has 1 atom stereocenters. The summed E-state index contributed by atoms with van der Waals surface area (Å²) in [4.78, 5) is 2.05. The molecule has 0 fully saturated rings. The van der Waals surface area contributed by atoms with E-state index in [1.165, 1.54) is 11.1 Å². The van der Waals surface area contributed by atoms with Gasteiger partial charge in [0.1, 0.15) is 5.75 Å². The van der Waals surface area contributed by atoms with E-state index in [2.05, 4.69) is 17.9 Å². The molecule has 0 aliphatic rings. The fourth-order valence-electron chi connectivity index (χ4n) is 2.32. The van der Waals surface area contributed by atoms with Gasteiger partial charge < -0.3 is 14.9 Å². The summed E-state index contributed by atoms with van der Waals surface area (Å²) < 4.78 is 5.44. The van der Waals surface area contributed by atoms with E-state index in [9.17, 15) is 5.11 Å². The summed E-state index contributed by atoms with van der Waals surface area (Å²) in [6.07, 6.45) is 0.570. The maximum Gasteiger partial charge on any atom is 0.123 e. The molecule has 0 spiro atoms. The molecule has 4 heteroatoms. The topological polar surface area (TPSA) is 52.9 Å².